The van der Waals surface area contributed by atoms with Gasteiger partial charge in [-0.15, -0.1) is 0 Å². The van der Waals surface area contributed by atoms with Crippen molar-refractivity contribution in [2.45, 2.75) is 49.3 Å². The van der Waals surface area contributed by atoms with E-state index in [4.69, 9.17) is 44.6 Å². The molecular formula is C37H45ClN10O6S4. The van der Waals surface area contributed by atoms with Gasteiger partial charge in [-0.3, -0.25) is 9.36 Å². The van der Waals surface area contributed by atoms with E-state index in [-0.39, 0.29) is 9.79 Å². The molecule has 0 aliphatic carbocycles. The first kappa shape index (κ1) is 43.3. The van der Waals surface area contributed by atoms with Crippen LogP contribution in [0.2, 0.25) is 0 Å². The smallest absolute Gasteiger partial charge is 0.261 e. The molecule has 1 aliphatic rings. The first-order chi connectivity index (χ1) is 27.5. The number of nitrogens with one attached hydrogen (secondary N) is 2. The summed E-state index contributed by atoms with van der Waals surface area (Å²) in [4.78, 5) is 17.8. The van der Waals surface area contributed by atoms with Crippen molar-refractivity contribution in [3.8, 4) is 34.3 Å². The van der Waals surface area contributed by atoms with Crippen molar-refractivity contribution in [1.82, 2.24) is 48.7 Å². The van der Waals surface area contributed by atoms with Gasteiger partial charge in [-0.2, -0.15) is 14.5 Å². The molecule has 4 aromatic heterocycles. The standard InChI is InChI=1S/C21H28N6O3S2.C16H17ClN4O3S2/c1-5-6-16-18-19(26(3)24-16)21(31)23-20(22-18)15-13-14(7-8-17(15)30-4)32(28,29)27-11-9-25(2)10-12-27;1-4-5-11-13-14(21(2)20-11)16(25)19-15(18-13)10-8-9(26(17,22)23)6-7-12(10)24-3/h7-8,13H,5-6,9-12H2,1-4H3,(H,22,23,31);6-8H,4-5H2,1-3H3,(H,18,19,25). The molecule has 1 aliphatic heterocycles. The molecule has 0 amide bonds. The number of likely N-dealkylation sites (N-methyl/N-ethyl adjacent to an activating group) is 1. The fourth-order valence-corrected chi connectivity index (χ4v) is 9.70. The Morgan fingerprint density at radius 2 is 1.14 bits per heavy atom. The van der Waals surface area contributed by atoms with Gasteiger partial charge in [0.25, 0.3) is 9.05 Å². The highest BCUT2D eigenvalue weighted by atomic mass is 35.7. The molecule has 2 aromatic carbocycles. The summed E-state index contributed by atoms with van der Waals surface area (Å²) in [5.74, 6) is 1.82. The maximum atomic E-state index is 13.3. The number of sulfonamides is 1. The Labute approximate surface area is 351 Å². The predicted octanol–water partition coefficient (Wildman–Crippen LogP) is 6.17. The summed E-state index contributed by atoms with van der Waals surface area (Å²) in [6, 6.07) is 9.18. The first-order valence-corrected chi connectivity index (χ1v) is 23.0. The fourth-order valence-electron chi connectivity index (χ4n) is 6.83. The molecule has 0 spiro atoms. The van der Waals surface area contributed by atoms with Gasteiger partial charge >= 0.3 is 0 Å². The van der Waals surface area contributed by atoms with Crippen molar-refractivity contribution < 1.29 is 26.3 Å². The molecular weight excluding hydrogens is 844 g/mol. The van der Waals surface area contributed by atoms with E-state index in [1.54, 1.807) is 34.7 Å². The van der Waals surface area contributed by atoms with Crippen LogP contribution in [0.4, 0.5) is 0 Å². The van der Waals surface area contributed by atoms with Crippen molar-refractivity contribution in [2.75, 3.05) is 47.4 Å². The number of benzene rings is 2. The molecule has 0 atom stereocenters. The average Bonchev–Trinajstić information content (AvgIpc) is 3.69. The van der Waals surface area contributed by atoms with Gasteiger partial charge in [0.05, 0.1) is 57.6 Å². The van der Waals surface area contributed by atoms with Crippen molar-refractivity contribution >= 4 is 76.3 Å². The van der Waals surface area contributed by atoms with Crippen molar-refractivity contribution in [3.05, 3.63) is 57.1 Å². The number of ether oxygens (including phenoxy) is 2. The number of nitrogens with zero attached hydrogens (tertiary/aromatic N) is 8. The van der Waals surface area contributed by atoms with Gasteiger partial charge in [-0.25, -0.2) is 26.8 Å². The van der Waals surface area contributed by atoms with E-state index >= 15 is 0 Å². The molecule has 0 saturated carbocycles. The quantitative estimate of drug-likeness (QED) is 0.111. The highest BCUT2D eigenvalue weighted by Crippen LogP contribution is 2.34. The number of hydrogen-bond donors (Lipinski definition) is 2. The zero-order valence-electron chi connectivity index (χ0n) is 33.2. The second kappa shape index (κ2) is 17.5. The third-order valence-electron chi connectivity index (χ3n) is 9.77. The lowest BCUT2D eigenvalue weighted by Gasteiger charge is -2.31. The molecule has 2 N–H and O–H groups in total. The van der Waals surface area contributed by atoms with Crippen LogP contribution in [0.1, 0.15) is 38.1 Å². The predicted molar refractivity (Wildman–Crippen MR) is 229 cm³/mol. The second-order valence-electron chi connectivity index (χ2n) is 13.7. The van der Waals surface area contributed by atoms with E-state index in [1.165, 1.54) is 29.6 Å². The number of methoxy groups -OCH3 is 2. The van der Waals surface area contributed by atoms with Crippen molar-refractivity contribution in [1.29, 1.82) is 0 Å². The summed E-state index contributed by atoms with van der Waals surface area (Å²) in [5.41, 5.74) is 5.86. The number of hydrogen-bond acceptors (Lipinski definition) is 13. The lowest BCUT2D eigenvalue weighted by Crippen LogP contribution is -2.47. The number of rotatable bonds is 11. The second-order valence-corrected chi connectivity index (χ2v) is 19.0. The Morgan fingerprint density at radius 1 is 0.707 bits per heavy atom. The minimum atomic E-state index is -3.89. The van der Waals surface area contributed by atoms with E-state index in [2.05, 4.69) is 48.9 Å². The van der Waals surface area contributed by atoms with Crippen LogP contribution in [0.15, 0.2) is 46.2 Å². The summed E-state index contributed by atoms with van der Waals surface area (Å²) < 4.78 is 66.6. The zero-order valence-corrected chi connectivity index (χ0v) is 37.2. The SMILES string of the molecule is CCCc1nn(C)c2c(=S)nc(-c3cc(S(=O)(=O)Cl)ccc3OC)[nH]c12.CCCc1nn(C)c2c(=S)nc(-c3cc(S(=O)(=O)N4CCN(C)CC4)ccc3OC)[nH]c12. The fraction of sp³-hybridized carbons (Fsp3) is 0.405. The molecule has 0 bridgehead atoms. The molecule has 0 unspecified atom stereocenters. The molecule has 21 heteroatoms. The number of piperazine rings is 1. The molecule has 6 aromatic rings. The summed E-state index contributed by atoms with van der Waals surface area (Å²) in [6.45, 7) is 6.48. The number of H-pyrrole nitrogens is 2. The largest absolute Gasteiger partial charge is 0.496 e. The number of aryl methyl sites for hydroxylation is 4. The highest BCUT2D eigenvalue weighted by Gasteiger charge is 2.29. The monoisotopic (exact) mass is 888 g/mol. The summed E-state index contributed by atoms with van der Waals surface area (Å²) in [5, 5.41) is 9.09. The van der Waals surface area contributed by atoms with Crippen LogP contribution in [-0.4, -0.2) is 113 Å². The van der Waals surface area contributed by atoms with Crippen molar-refractivity contribution in [3.63, 3.8) is 0 Å². The van der Waals surface area contributed by atoms with E-state index in [0.29, 0.717) is 69.7 Å². The van der Waals surface area contributed by atoms with Gasteiger partial charge in [0.2, 0.25) is 10.0 Å². The summed E-state index contributed by atoms with van der Waals surface area (Å²) >= 11 is 11.0. The van der Waals surface area contributed by atoms with Crippen LogP contribution in [0.3, 0.4) is 0 Å². The summed E-state index contributed by atoms with van der Waals surface area (Å²) in [7, 11) is 6.64. The van der Waals surface area contributed by atoms with E-state index in [1.807, 2.05) is 21.1 Å². The molecule has 310 valence electrons. The molecule has 5 heterocycles. The Balaban J connectivity index is 0.000000200. The highest BCUT2D eigenvalue weighted by molar-refractivity contribution is 8.13. The first-order valence-electron chi connectivity index (χ1n) is 18.4. The molecule has 7 rings (SSSR count). The van der Waals surface area contributed by atoms with E-state index in [9.17, 15) is 16.8 Å². The van der Waals surface area contributed by atoms with Crippen LogP contribution in [-0.2, 0) is 46.0 Å². The van der Waals surface area contributed by atoms with Gasteiger partial charge in [0, 0.05) is 51.0 Å². The van der Waals surface area contributed by atoms with Gasteiger partial charge in [-0.05, 0) is 56.3 Å². The van der Waals surface area contributed by atoms with Gasteiger partial charge in [0.1, 0.15) is 34.2 Å². The Bertz CT molecular complexity index is 2850. The van der Waals surface area contributed by atoms with E-state index in [0.717, 1.165) is 59.1 Å². The summed E-state index contributed by atoms with van der Waals surface area (Å²) in [6.07, 6.45) is 3.43. The third kappa shape index (κ3) is 8.68. The van der Waals surface area contributed by atoms with Crippen LogP contribution in [0.5, 0.6) is 11.5 Å². The van der Waals surface area contributed by atoms with Gasteiger partial charge < -0.3 is 24.3 Å². The Hall–Kier alpha value is -4.31. The van der Waals surface area contributed by atoms with Gasteiger partial charge in [-0.1, -0.05) is 51.1 Å². The number of aromatic amines is 2. The lowest BCUT2D eigenvalue weighted by molar-refractivity contribution is 0.222. The molecule has 1 saturated heterocycles. The lowest BCUT2D eigenvalue weighted by atomic mass is 10.1. The normalized spacial score (nSPS) is 14.1. The third-order valence-corrected chi connectivity index (χ3v) is 13.6. The van der Waals surface area contributed by atoms with E-state index < -0.39 is 19.1 Å². The number of halogens is 1. The topological polar surface area (TPSA) is 186 Å². The van der Waals surface area contributed by atoms with Crippen LogP contribution in [0, 0.1) is 9.28 Å². The average molecular weight is 890 g/mol. The molecule has 16 nitrogen and oxygen atoms in total. The van der Waals surface area contributed by atoms with Gasteiger partial charge in [0.15, 0.2) is 9.28 Å². The Morgan fingerprint density at radius 3 is 1.55 bits per heavy atom. The zero-order chi connectivity index (χ0) is 42.1. The molecule has 1 fully saturated rings. The van der Waals surface area contributed by atoms with Crippen molar-refractivity contribution in [2.24, 2.45) is 14.1 Å². The van der Waals surface area contributed by atoms with Crippen LogP contribution in [0.25, 0.3) is 44.8 Å². The number of fused-ring (bicyclic) bond motifs is 2. The minimum Gasteiger partial charge on any atom is -0.496 e. The molecule has 58 heavy (non-hydrogen) atoms. The maximum absolute atomic E-state index is 13.3. The van der Waals surface area contributed by atoms with Crippen LogP contribution < -0.4 is 9.47 Å². The minimum absolute atomic E-state index is 0.0452. The van der Waals surface area contributed by atoms with Crippen LogP contribution >= 0.6 is 35.1 Å². The Kier molecular flexibility index (Phi) is 13.1. The molecule has 0 radical (unpaired) electrons. The number of aromatic nitrogens is 8. The maximum Gasteiger partial charge on any atom is 0.261 e.